The summed E-state index contributed by atoms with van der Waals surface area (Å²) in [7, 11) is 0. The van der Waals surface area contributed by atoms with Crippen LogP contribution in [0.25, 0.3) is 0 Å². The molecule has 2 atom stereocenters. The van der Waals surface area contributed by atoms with Gasteiger partial charge in [-0.1, -0.05) is 31.4 Å². The van der Waals surface area contributed by atoms with E-state index in [-0.39, 0.29) is 0 Å². The van der Waals surface area contributed by atoms with Gasteiger partial charge in [0.15, 0.2) is 5.15 Å². The third-order valence-corrected chi connectivity index (χ3v) is 3.29. The molecule has 0 bridgehead atoms. The van der Waals surface area contributed by atoms with Gasteiger partial charge in [-0.3, -0.25) is 4.98 Å². The first-order valence-corrected chi connectivity index (χ1v) is 5.61. The lowest BCUT2D eigenvalue weighted by Crippen LogP contribution is -2.13. The van der Waals surface area contributed by atoms with Crippen molar-refractivity contribution < 1.29 is 0 Å². The lowest BCUT2D eigenvalue weighted by molar-refractivity contribution is 0.339. The Kier molecular flexibility index (Phi) is 3.02. The Labute approximate surface area is 89.7 Å². The third-order valence-electron chi connectivity index (χ3n) is 3.00. The summed E-state index contributed by atoms with van der Waals surface area (Å²) in [6, 6.07) is 0. The number of rotatable bonds is 1. The Hall–Kier alpha value is -0.630. The molecule has 0 amide bonds. The zero-order valence-electron chi connectivity index (χ0n) is 8.41. The average Bonchev–Trinajstić information content (AvgIpc) is 2.18. The number of hydrogen-bond acceptors (Lipinski definition) is 2. The maximum absolute atomic E-state index is 6.03. The molecule has 3 heteroatoms. The fourth-order valence-electron chi connectivity index (χ4n) is 2.29. The van der Waals surface area contributed by atoms with Crippen LogP contribution in [0.2, 0.25) is 5.15 Å². The molecule has 14 heavy (non-hydrogen) atoms. The molecular formula is C11H15ClN2. The predicted octanol–water partition coefficient (Wildman–Crippen LogP) is 3.42. The van der Waals surface area contributed by atoms with Gasteiger partial charge in [0.1, 0.15) is 0 Å². The van der Waals surface area contributed by atoms with Crippen molar-refractivity contribution in [3.8, 4) is 0 Å². The molecule has 0 aliphatic heterocycles. The third kappa shape index (κ3) is 2.06. The summed E-state index contributed by atoms with van der Waals surface area (Å²) in [6.45, 7) is 2.30. The smallest absolute Gasteiger partial charge is 0.150 e. The van der Waals surface area contributed by atoms with Gasteiger partial charge in [-0.25, -0.2) is 4.98 Å². The summed E-state index contributed by atoms with van der Waals surface area (Å²) >= 11 is 6.03. The molecule has 2 nitrogen and oxygen atoms in total. The maximum Gasteiger partial charge on any atom is 0.150 e. The fraction of sp³-hybridized carbons (Fsp3) is 0.636. The van der Waals surface area contributed by atoms with Gasteiger partial charge in [0.25, 0.3) is 0 Å². The second-order valence-electron chi connectivity index (χ2n) is 4.20. The van der Waals surface area contributed by atoms with Crippen molar-refractivity contribution >= 4 is 11.6 Å². The van der Waals surface area contributed by atoms with E-state index in [1.165, 1.54) is 25.7 Å². The molecule has 0 N–H and O–H groups in total. The summed E-state index contributed by atoms with van der Waals surface area (Å²) in [5.74, 6) is 1.33. The van der Waals surface area contributed by atoms with Gasteiger partial charge in [-0.15, -0.1) is 0 Å². The van der Waals surface area contributed by atoms with Crippen LogP contribution in [0, 0.1) is 5.92 Å². The lowest BCUT2D eigenvalue weighted by Gasteiger charge is -2.26. The van der Waals surface area contributed by atoms with E-state index in [1.54, 1.807) is 12.4 Å². The lowest BCUT2D eigenvalue weighted by atomic mass is 9.81. The first kappa shape index (κ1) is 9.91. The van der Waals surface area contributed by atoms with Crippen LogP contribution in [0.3, 0.4) is 0 Å². The highest BCUT2D eigenvalue weighted by Gasteiger charge is 2.23. The Balaban J connectivity index is 2.18. The van der Waals surface area contributed by atoms with E-state index in [0.29, 0.717) is 11.1 Å². The van der Waals surface area contributed by atoms with Crippen LogP contribution in [0.4, 0.5) is 0 Å². The van der Waals surface area contributed by atoms with Crippen molar-refractivity contribution in [2.75, 3.05) is 0 Å². The van der Waals surface area contributed by atoms with Gasteiger partial charge in [0, 0.05) is 18.3 Å². The van der Waals surface area contributed by atoms with E-state index >= 15 is 0 Å². The van der Waals surface area contributed by atoms with E-state index in [0.717, 1.165) is 11.6 Å². The van der Waals surface area contributed by atoms with Gasteiger partial charge in [-0.2, -0.15) is 0 Å². The highest BCUT2D eigenvalue weighted by molar-refractivity contribution is 6.30. The van der Waals surface area contributed by atoms with Crippen molar-refractivity contribution in [2.45, 2.75) is 38.5 Å². The molecule has 0 radical (unpaired) electrons. The molecule has 0 aromatic carbocycles. The van der Waals surface area contributed by atoms with Crippen LogP contribution in [-0.2, 0) is 0 Å². The zero-order valence-corrected chi connectivity index (χ0v) is 9.17. The molecule has 0 spiro atoms. The molecule has 1 saturated carbocycles. The van der Waals surface area contributed by atoms with Gasteiger partial charge in [-0.05, 0) is 18.8 Å². The summed E-state index contributed by atoms with van der Waals surface area (Å²) in [5.41, 5.74) is 1.00. The van der Waals surface area contributed by atoms with Crippen LogP contribution < -0.4 is 0 Å². The number of aromatic nitrogens is 2. The first-order chi connectivity index (χ1) is 6.77. The van der Waals surface area contributed by atoms with E-state index in [9.17, 15) is 0 Å². The summed E-state index contributed by atoms with van der Waals surface area (Å²) in [4.78, 5) is 8.42. The van der Waals surface area contributed by atoms with Crippen molar-refractivity contribution in [2.24, 2.45) is 5.92 Å². The van der Waals surface area contributed by atoms with Crippen LogP contribution >= 0.6 is 11.6 Å². The molecule has 76 valence electrons. The normalized spacial score (nSPS) is 27.6. The summed E-state index contributed by atoms with van der Waals surface area (Å²) in [6.07, 6.45) is 8.44. The molecular weight excluding hydrogens is 196 g/mol. The van der Waals surface area contributed by atoms with Gasteiger partial charge in [0.2, 0.25) is 0 Å². The topological polar surface area (TPSA) is 25.8 Å². The van der Waals surface area contributed by atoms with E-state index in [4.69, 9.17) is 11.6 Å². The molecule has 1 aliphatic carbocycles. The van der Waals surface area contributed by atoms with Crippen molar-refractivity contribution in [3.05, 3.63) is 23.2 Å². The molecule has 1 aromatic rings. The minimum Gasteiger partial charge on any atom is -0.256 e. The van der Waals surface area contributed by atoms with E-state index < -0.39 is 0 Å². The van der Waals surface area contributed by atoms with Crippen molar-refractivity contribution in [1.82, 2.24) is 9.97 Å². The van der Waals surface area contributed by atoms with Gasteiger partial charge >= 0.3 is 0 Å². The molecule has 0 saturated heterocycles. The Bertz CT molecular complexity index is 314. The average molecular weight is 211 g/mol. The molecule has 1 fully saturated rings. The molecule has 1 aliphatic rings. The standard InChI is InChI=1S/C11H15ClN2/c1-8-3-2-4-9(7-8)10-11(12)14-6-5-13-10/h5-6,8-9H,2-4,7H2,1H3. The van der Waals surface area contributed by atoms with Crippen LogP contribution in [0.5, 0.6) is 0 Å². The summed E-state index contributed by atoms with van der Waals surface area (Å²) in [5, 5.41) is 0.589. The molecule has 2 unspecified atom stereocenters. The Morgan fingerprint density at radius 2 is 2.07 bits per heavy atom. The highest BCUT2D eigenvalue weighted by Crippen LogP contribution is 2.36. The maximum atomic E-state index is 6.03. The van der Waals surface area contributed by atoms with Crippen LogP contribution in [-0.4, -0.2) is 9.97 Å². The second-order valence-corrected chi connectivity index (χ2v) is 4.56. The van der Waals surface area contributed by atoms with Crippen molar-refractivity contribution in [3.63, 3.8) is 0 Å². The number of halogens is 1. The first-order valence-electron chi connectivity index (χ1n) is 5.23. The monoisotopic (exact) mass is 210 g/mol. The van der Waals surface area contributed by atoms with Crippen LogP contribution in [0.1, 0.15) is 44.2 Å². The minimum absolute atomic E-state index is 0.528. The van der Waals surface area contributed by atoms with Crippen molar-refractivity contribution in [1.29, 1.82) is 0 Å². The predicted molar refractivity (Wildman–Crippen MR) is 57.4 cm³/mol. The number of nitrogens with zero attached hydrogens (tertiary/aromatic N) is 2. The van der Waals surface area contributed by atoms with Gasteiger partial charge < -0.3 is 0 Å². The van der Waals surface area contributed by atoms with E-state index in [2.05, 4.69) is 16.9 Å². The molecule has 1 heterocycles. The quantitative estimate of drug-likeness (QED) is 0.710. The van der Waals surface area contributed by atoms with E-state index in [1.807, 2.05) is 0 Å². The van der Waals surface area contributed by atoms with Gasteiger partial charge in [0.05, 0.1) is 5.69 Å². The SMILES string of the molecule is CC1CCCC(c2nccnc2Cl)C1. The second kappa shape index (κ2) is 4.26. The largest absolute Gasteiger partial charge is 0.256 e. The number of hydrogen-bond donors (Lipinski definition) is 0. The Morgan fingerprint density at radius 1 is 1.29 bits per heavy atom. The van der Waals surface area contributed by atoms with Crippen LogP contribution in [0.15, 0.2) is 12.4 Å². The molecule has 1 aromatic heterocycles. The zero-order chi connectivity index (χ0) is 9.97. The minimum atomic E-state index is 0.528. The molecule has 2 rings (SSSR count). The summed E-state index contributed by atoms with van der Waals surface area (Å²) < 4.78 is 0. The fourth-order valence-corrected chi connectivity index (χ4v) is 2.55. The highest BCUT2D eigenvalue weighted by atomic mass is 35.5. The Morgan fingerprint density at radius 3 is 2.79 bits per heavy atom.